The highest BCUT2D eigenvalue weighted by atomic mass is 19.1. The first-order chi connectivity index (χ1) is 13.6. The molecule has 2 aliphatic heterocycles. The van der Waals surface area contributed by atoms with E-state index in [4.69, 9.17) is 4.74 Å². The first-order valence-electron chi connectivity index (χ1n) is 9.59. The van der Waals surface area contributed by atoms with Crippen LogP contribution in [0.15, 0.2) is 18.2 Å². The molecule has 2 aliphatic rings. The zero-order valence-corrected chi connectivity index (χ0v) is 15.5. The summed E-state index contributed by atoms with van der Waals surface area (Å²) < 4.78 is 18.6. The van der Waals surface area contributed by atoms with E-state index >= 15 is 0 Å². The van der Waals surface area contributed by atoms with Crippen LogP contribution in [0.4, 0.5) is 4.39 Å². The topological polar surface area (TPSA) is 99.3 Å². The molecule has 0 aliphatic carbocycles. The molecule has 0 radical (unpaired) electrons. The fourth-order valence-electron chi connectivity index (χ4n) is 3.81. The van der Waals surface area contributed by atoms with Crippen LogP contribution in [0.1, 0.15) is 12.2 Å². The van der Waals surface area contributed by atoms with E-state index in [1.165, 1.54) is 12.1 Å². The van der Waals surface area contributed by atoms with Gasteiger partial charge in [0.15, 0.2) is 0 Å². The number of hydrogen-bond acceptors (Lipinski definition) is 5. The minimum absolute atomic E-state index is 0.0904. The average Bonchev–Trinajstić information content (AvgIpc) is 3.14. The molecule has 2 amide bonds. The summed E-state index contributed by atoms with van der Waals surface area (Å²) in [5, 5.41) is 6.08. The van der Waals surface area contributed by atoms with Crippen LogP contribution in [0.2, 0.25) is 0 Å². The van der Waals surface area contributed by atoms with Crippen LogP contribution in [-0.4, -0.2) is 66.1 Å². The van der Waals surface area contributed by atoms with Gasteiger partial charge in [0.25, 0.3) is 0 Å². The van der Waals surface area contributed by atoms with Gasteiger partial charge in [-0.05, 0) is 24.6 Å². The number of rotatable bonds is 4. The van der Waals surface area contributed by atoms with Crippen LogP contribution in [0.3, 0.4) is 0 Å². The lowest BCUT2D eigenvalue weighted by atomic mass is 9.88. The second-order valence-electron chi connectivity index (χ2n) is 7.29. The summed E-state index contributed by atoms with van der Waals surface area (Å²) in [6.45, 7) is 3.72. The molecule has 0 unspecified atom stereocenters. The molecular formula is C19H24FN5O3. The van der Waals surface area contributed by atoms with Crippen molar-refractivity contribution in [2.24, 2.45) is 11.8 Å². The van der Waals surface area contributed by atoms with E-state index in [0.717, 1.165) is 0 Å². The van der Waals surface area contributed by atoms with E-state index in [2.05, 4.69) is 20.6 Å². The Bertz CT molecular complexity index is 864. The van der Waals surface area contributed by atoms with Crippen molar-refractivity contribution in [2.75, 3.05) is 39.4 Å². The normalized spacial score (nSPS) is 23.0. The molecule has 2 atom stereocenters. The Morgan fingerprint density at radius 3 is 2.86 bits per heavy atom. The molecule has 3 N–H and O–H groups in total. The number of amides is 2. The van der Waals surface area contributed by atoms with E-state index < -0.39 is 0 Å². The molecule has 8 nitrogen and oxygen atoms in total. The van der Waals surface area contributed by atoms with E-state index in [9.17, 15) is 14.0 Å². The molecule has 28 heavy (non-hydrogen) atoms. The van der Waals surface area contributed by atoms with Crippen molar-refractivity contribution >= 4 is 22.8 Å². The molecule has 1 aromatic heterocycles. The number of nitrogens with one attached hydrogen (secondary N) is 3. The Hall–Kier alpha value is -2.52. The van der Waals surface area contributed by atoms with Gasteiger partial charge in [0, 0.05) is 26.2 Å². The van der Waals surface area contributed by atoms with Crippen LogP contribution in [-0.2, 0) is 20.9 Å². The number of aromatic amines is 1. The summed E-state index contributed by atoms with van der Waals surface area (Å²) in [6, 6.07) is 4.32. The van der Waals surface area contributed by atoms with Crippen molar-refractivity contribution in [3.05, 3.63) is 29.8 Å². The minimum Gasteiger partial charge on any atom is -0.378 e. The van der Waals surface area contributed by atoms with E-state index in [1.54, 1.807) is 6.07 Å². The van der Waals surface area contributed by atoms with Crippen LogP contribution < -0.4 is 10.6 Å². The molecule has 4 rings (SSSR count). The maximum absolute atomic E-state index is 13.3. The van der Waals surface area contributed by atoms with Gasteiger partial charge in [-0.15, -0.1) is 0 Å². The summed E-state index contributed by atoms with van der Waals surface area (Å²) in [6.07, 6.45) is 0.528. The summed E-state index contributed by atoms with van der Waals surface area (Å²) in [4.78, 5) is 34.5. The molecule has 150 valence electrons. The number of benzene rings is 1. The number of nitrogens with zero attached hydrogens (tertiary/aromatic N) is 2. The highest BCUT2D eigenvalue weighted by Crippen LogP contribution is 2.20. The Morgan fingerprint density at radius 1 is 1.25 bits per heavy atom. The lowest BCUT2D eigenvalue weighted by molar-refractivity contribution is -0.141. The smallest absolute Gasteiger partial charge is 0.227 e. The quantitative estimate of drug-likeness (QED) is 0.703. The summed E-state index contributed by atoms with van der Waals surface area (Å²) in [5.41, 5.74) is 1.25. The van der Waals surface area contributed by atoms with Gasteiger partial charge in [0.05, 0.1) is 42.6 Å². The van der Waals surface area contributed by atoms with Gasteiger partial charge in [-0.2, -0.15) is 0 Å². The monoisotopic (exact) mass is 389 g/mol. The number of piperidine rings is 1. The fraction of sp³-hybridized carbons (Fsp3) is 0.526. The summed E-state index contributed by atoms with van der Waals surface area (Å²) in [5.74, 6) is -0.261. The van der Waals surface area contributed by atoms with E-state index in [1.807, 2.05) is 4.90 Å². The fourth-order valence-corrected chi connectivity index (χ4v) is 3.81. The number of hydrogen-bond donors (Lipinski definition) is 3. The van der Waals surface area contributed by atoms with Crippen molar-refractivity contribution < 1.29 is 18.7 Å². The predicted molar refractivity (Wildman–Crippen MR) is 99.8 cm³/mol. The molecule has 0 bridgehead atoms. The number of fused-ring (bicyclic) bond motifs is 1. The molecular weight excluding hydrogens is 365 g/mol. The average molecular weight is 389 g/mol. The number of aromatic nitrogens is 2. The zero-order valence-electron chi connectivity index (χ0n) is 15.5. The van der Waals surface area contributed by atoms with Gasteiger partial charge >= 0.3 is 0 Å². The van der Waals surface area contributed by atoms with Crippen molar-refractivity contribution in [2.45, 2.75) is 13.0 Å². The molecule has 2 fully saturated rings. The number of carbonyl (C=O) groups is 2. The van der Waals surface area contributed by atoms with Gasteiger partial charge < -0.3 is 25.3 Å². The van der Waals surface area contributed by atoms with Crippen LogP contribution in [0.25, 0.3) is 11.0 Å². The number of imidazole rings is 1. The Kier molecular flexibility index (Phi) is 5.54. The lowest BCUT2D eigenvalue weighted by Gasteiger charge is -2.34. The van der Waals surface area contributed by atoms with Gasteiger partial charge in [-0.1, -0.05) is 0 Å². The van der Waals surface area contributed by atoms with Gasteiger partial charge in [0.2, 0.25) is 11.8 Å². The van der Waals surface area contributed by atoms with Gasteiger partial charge in [0.1, 0.15) is 11.6 Å². The van der Waals surface area contributed by atoms with Crippen molar-refractivity contribution in [3.8, 4) is 0 Å². The lowest BCUT2D eigenvalue weighted by Crippen LogP contribution is -2.51. The van der Waals surface area contributed by atoms with Crippen LogP contribution in [0.5, 0.6) is 0 Å². The molecule has 0 spiro atoms. The molecule has 2 saturated heterocycles. The Labute approximate surface area is 161 Å². The molecule has 1 aromatic carbocycles. The molecule has 3 heterocycles. The third-order valence-electron chi connectivity index (χ3n) is 5.32. The van der Waals surface area contributed by atoms with E-state index in [-0.39, 0.29) is 36.0 Å². The van der Waals surface area contributed by atoms with Crippen molar-refractivity contribution in [1.82, 2.24) is 25.5 Å². The minimum atomic E-state index is -0.337. The van der Waals surface area contributed by atoms with Crippen LogP contribution in [0, 0.1) is 17.7 Å². The number of carbonyl (C=O) groups excluding carboxylic acids is 2. The van der Waals surface area contributed by atoms with Crippen molar-refractivity contribution in [3.63, 3.8) is 0 Å². The summed E-state index contributed by atoms with van der Waals surface area (Å²) >= 11 is 0. The third kappa shape index (κ3) is 4.15. The zero-order chi connectivity index (χ0) is 19.5. The van der Waals surface area contributed by atoms with Crippen molar-refractivity contribution in [1.29, 1.82) is 0 Å². The van der Waals surface area contributed by atoms with Crippen LogP contribution >= 0.6 is 0 Å². The largest absolute Gasteiger partial charge is 0.378 e. The number of halogens is 1. The standard InChI is InChI=1S/C19H24FN5O3/c20-14-1-2-15-16(8-14)24-17(23-15)11-22-18(26)12-7-13(10-21-9-12)19(27)25-3-5-28-6-4-25/h1-2,8,12-13,21H,3-7,9-11H2,(H,22,26)(H,23,24)/t12-,13-/m1/s1. The molecule has 2 aromatic rings. The summed E-state index contributed by atoms with van der Waals surface area (Å²) in [7, 11) is 0. The highest BCUT2D eigenvalue weighted by Gasteiger charge is 2.33. The highest BCUT2D eigenvalue weighted by molar-refractivity contribution is 5.83. The maximum Gasteiger partial charge on any atom is 0.227 e. The first-order valence-corrected chi connectivity index (χ1v) is 9.59. The number of H-pyrrole nitrogens is 1. The van der Waals surface area contributed by atoms with E-state index in [0.29, 0.717) is 62.7 Å². The number of morpholine rings is 1. The first kappa shape index (κ1) is 18.8. The Balaban J connectivity index is 1.32. The second kappa shape index (κ2) is 8.24. The SMILES string of the molecule is O=C(NCc1nc2ccc(F)cc2[nH]1)[C@H]1CNC[C@H](C(=O)N2CCOCC2)C1. The van der Waals surface area contributed by atoms with Gasteiger partial charge in [-0.3, -0.25) is 9.59 Å². The number of ether oxygens (including phenoxy) is 1. The molecule has 9 heteroatoms. The molecule has 0 saturated carbocycles. The maximum atomic E-state index is 13.3. The Morgan fingerprint density at radius 2 is 2.04 bits per heavy atom. The predicted octanol–water partition coefficient (Wildman–Crippen LogP) is 0.403. The van der Waals surface area contributed by atoms with Gasteiger partial charge in [-0.25, -0.2) is 9.37 Å². The second-order valence-corrected chi connectivity index (χ2v) is 7.29. The third-order valence-corrected chi connectivity index (χ3v) is 5.32.